The Kier molecular flexibility index (Phi) is 4.53. The smallest absolute Gasteiger partial charge is 0.248 e. The Morgan fingerprint density at radius 1 is 0.905 bits per heavy atom. The van der Waals surface area contributed by atoms with Crippen LogP contribution >= 0.6 is 0 Å². The maximum absolute atomic E-state index is 12.7. The van der Waals surface area contributed by atoms with E-state index in [-0.39, 0.29) is 5.78 Å². The van der Waals surface area contributed by atoms with Crippen LogP contribution in [0.3, 0.4) is 0 Å². The summed E-state index contributed by atoms with van der Waals surface area (Å²) in [5, 5.41) is 0. The summed E-state index contributed by atoms with van der Waals surface area (Å²) in [7, 11) is 0. The fourth-order valence-electron chi connectivity index (χ4n) is 2.54. The van der Waals surface area contributed by atoms with Crippen molar-refractivity contribution in [3.8, 4) is 0 Å². The van der Waals surface area contributed by atoms with Gasteiger partial charge in [-0.1, -0.05) is 44.2 Å². The van der Waals surface area contributed by atoms with Crippen molar-refractivity contribution in [1.82, 2.24) is 0 Å². The van der Waals surface area contributed by atoms with E-state index in [0.717, 1.165) is 24.0 Å². The Hall–Kier alpha value is -2.42. The number of aryl methyl sites for hydroxylation is 1. The van der Waals surface area contributed by atoms with E-state index in [1.54, 1.807) is 24.3 Å². The van der Waals surface area contributed by atoms with Crippen molar-refractivity contribution >= 4 is 11.7 Å². The second-order valence-corrected chi connectivity index (χ2v) is 4.92. The van der Waals surface area contributed by atoms with Crippen LogP contribution in [0.5, 0.6) is 0 Å². The Morgan fingerprint density at radius 2 is 1.52 bits per heavy atom. The normalized spacial score (nSPS) is 10.4. The minimum atomic E-state index is -0.490. The van der Waals surface area contributed by atoms with Crippen molar-refractivity contribution in [2.45, 2.75) is 26.7 Å². The van der Waals surface area contributed by atoms with Gasteiger partial charge in [0, 0.05) is 16.7 Å². The van der Waals surface area contributed by atoms with Crippen LogP contribution in [0.2, 0.25) is 0 Å². The lowest BCUT2D eigenvalue weighted by atomic mass is 9.92. The number of carbonyl (C=O) groups excluding carboxylic acids is 2. The molecule has 2 aromatic rings. The maximum Gasteiger partial charge on any atom is 0.248 e. The molecule has 1 amide bonds. The monoisotopic (exact) mass is 281 g/mol. The van der Waals surface area contributed by atoms with Gasteiger partial charge in [0.1, 0.15) is 0 Å². The number of benzene rings is 2. The molecule has 2 aromatic carbocycles. The van der Waals surface area contributed by atoms with Gasteiger partial charge in [-0.05, 0) is 36.1 Å². The van der Waals surface area contributed by atoms with Gasteiger partial charge in [0.25, 0.3) is 0 Å². The van der Waals surface area contributed by atoms with E-state index in [2.05, 4.69) is 19.9 Å². The van der Waals surface area contributed by atoms with Gasteiger partial charge in [-0.25, -0.2) is 0 Å². The summed E-state index contributed by atoms with van der Waals surface area (Å²) in [5.41, 5.74) is 9.24. The molecule has 21 heavy (non-hydrogen) atoms. The van der Waals surface area contributed by atoms with Crippen molar-refractivity contribution in [1.29, 1.82) is 0 Å². The van der Waals surface area contributed by atoms with Gasteiger partial charge < -0.3 is 5.73 Å². The van der Waals surface area contributed by atoms with E-state index in [1.165, 1.54) is 5.56 Å². The highest BCUT2D eigenvalue weighted by molar-refractivity contribution is 6.10. The predicted octanol–water partition coefficient (Wildman–Crippen LogP) is 3.14. The molecule has 0 aliphatic carbocycles. The topological polar surface area (TPSA) is 60.2 Å². The van der Waals surface area contributed by atoms with E-state index in [1.807, 2.05) is 12.1 Å². The maximum atomic E-state index is 12.7. The number of nitrogens with two attached hydrogens (primary N) is 1. The van der Waals surface area contributed by atoms with Gasteiger partial charge in [0.05, 0.1) is 0 Å². The first kappa shape index (κ1) is 15.0. The second kappa shape index (κ2) is 6.35. The molecule has 0 unspecified atom stereocenters. The van der Waals surface area contributed by atoms with Crippen molar-refractivity contribution in [3.63, 3.8) is 0 Å². The zero-order valence-corrected chi connectivity index (χ0v) is 12.3. The highest BCUT2D eigenvalue weighted by atomic mass is 16.1. The van der Waals surface area contributed by atoms with Gasteiger partial charge in [-0.15, -0.1) is 0 Å². The first-order valence-electron chi connectivity index (χ1n) is 7.13. The molecule has 108 valence electrons. The first-order chi connectivity index (χ1) is 10.1. The number of hydrogen-bond donors (Lipinski definition) is 1. The van der Waals surface area contributed by atoms with Crippen LogP contribution in [0, 0.1) is 0 Å². The zero-order chi connectivity index (χ0) is 15.4. The van der Waals surface area contributed by atoms with E-state index in [4.69, 9.17) is 5.73 Å². The molecule has 0 aliphatic rings. The zero-order valence-electron chi connectivity index (χ0n) is 12.3. The molecular weight excluding hydrogens is 262 g/mol. The number of primary amides is 1. The van der Waals surface area contributed by atoms with Crippen molar-refractivity contribution in [3.05, 3.63) is 70.3 Å². The first-order valence-corrected chi connectivity index (χ1v) is 7.13. The van der Waals surface area contributed by atoms with Gasteiger partial charge in [0.2, 0.25) is 5.91 Å². The van der Waals surface area contributed by atoms with Gasteiger partial charge >= 0.3 is 0 Å². The molecule has 2 rings (SSSR count). The number of carbonyl (C=O) groups is 2. The average molecular weight is 281 g/mol. The number of hydrogen-bond acceptors (Lipinski definition) is 2. The van der Waals surface area contributed by atoms with Crippen LogP contribution in [0.1, 0.15) is 51.3 Å². The molecule has 0 bridgehead atoms. The lowest BCUT2D eigenvalue weighted by Crippen LogP contribution is -2.12. The average Bonchev–Trinajstić information content (AvgIpc) is 2.53. The number of amides is 1. The second-order valence-electron chi connectivity index (χ2n) is 4.92. The van der Waals surface area contributed by atoms with Crippen LogP contribution in [-0.2, 0) is 12.8 Å². The molecule has 0 fully saturated rings. The fraction of sp³-hybridized carbons (Fsp3) is 0.222. The molecule has 0 saturated carbocycles. The van der Waals surface area contributed by atoms with Gasteiger partial charge in [-0.3, -0.25) is 9.59 Å². The highest BCUT2D eigenvalue weighted by Gasteiger charge is 2.15. The highest BCUT2D eigenvalue weighted by Crippen LogP contribution is 2.20. The minimum absolute atomic E-state index is 0.0156. The summed E-state index contributed by atoms with van der Waals surface area (Å²) in [5.74, 6) is -0.505. The molecule has 0 radical (unpaired) electrons. The molecule has 3 heteroatoms. The summed E-state index contributed by atoms with van der Waals surface area (Å²) in [4.78, 5) is 23.7. The Labute approximate surface area is 124 Å². The number of ketones is 1. The van der Waals surface area contributed by atoms with Crippen LogP contribution in [0.15, 0.2) is 42.5 Å². The molecule has 0 atom stereocenters. The van der Waals surface area contributed by atoms with Crippen LogP contribution < -0.4 is 5.73 Å². The van der Waals surface area contributed by atoms with Crippen molar-refractivity contribution in [2.24, 2.45) is 5.73 Å². The van der Waals surface area contributed by atoms with Crippen molar-refractivity contribution in [2.75, 3.05) is 0 Å². The summed E-state index contributed by atoms with van der Waals surface area (Å²) in [6.07, 6.45) is 1.73. The third-order valence-corrected chi connectivity index (χ3v) is 3.68. The molecule has 0 heterocycles. The fourth-order valence-corrected chi connectivity index (χ4v) is 2.54. The third-order valence-electron chi connectivity index (χ3n) is 3.68. The molecule has 0 saturated heterocycles. The minimum Gasteiger partial charge on any atom is -0.366 e. The predicted molar refractivity (Wildman–Crippen MR) is 83.6 cm³/mol. The van der Waals surface area contributed by atoms with Crippen LogP contribution in [-0.4, -0.2) is 11.7 Å². The third kappa shape index (κ3) is 3.02. The molecule has 0 aliphatic heterocycles. The van der Waals surface area contributed by atoms with Gasteiger partial charge in [0.15, 0.2) is 5.78 Å². The largest absolute Gasteiger partial charge is 0.366 e. The lowest BCUT2D eigenvalue weighted by molar-refractivity contribution is 0.0996. The summed E-state index contributed by atoms with van der Waals surface area (Å²) >= 11 is 0. The van der Waals surface area contributed by atoms with Gasteiger partial charge in [-0.2, -0.15) is 0 Å². The Balaban J connectivity index is 2.42. The molecule has 3 nitrogen and oxygen atoms in total. The van der Waals surface area contributed by atoms with E-state index >= 15 is 0 Å². The summed E-state index contributed by atoms with van der Waals surface area (Å²) in [6.45, 7) is 4.14. The van der Waals surface area contributed by atoms with E-state index < -0.39 is 5.91 Å². The SMILES string of the molecule is CCc1cccc(C(=O)c2ccc(C(N)=O)cc2)c1CC. The standard InChI is InChI=1S/C18H19NO2/c1-3-12-6-5-7-16(15(12)4-2)17(20)13-8-10-14(11-9-13)18(19)21/h5-11H,3-4H2,1-2H3,(H2,19,21). The van der Waals surface area contributed by atoms with Crippen LogP contribution in [0.4, 0.5) is 0 Å². The van der Waals surface area contributed by atoms with E-state index in [9.17, 15) is 9.59 Å². The molecule has 0 aromatic heterocycles. The molecule has 0 spiro atoms. The number of rotatable bonds is 5. The molecule has 2 N–H and O–H groups in total. The Bertz CT molecular complexity index is 672. The quantitative estimate of drug-likeness (QED) is 0.856. The summed E-state index contributed by atoms with van der Waals surface area (Å²) < 4.78 is 0. The Morgan fingerprint density at radius 3 is 2.05 bits per heavy atom. The van der Waals surface area contributed by atoms with Crippen molar-refractivity contribution < 1.29 is 9.59 Å². The van der Waals surface area contributed by atoms with E-state index in [0.29, 0.717) is 11.1 Å². The van der Waals surface area contributed by atoms with Crippen LogP contribution in [0.25, 0.3) is 0 Å². The summed E-state index contributed by atoms with van der Waals surface area (Å²) in [6, 6.07) is 12.3. The lowest BCUT2D eigenvalue weighted by Gasteiger charge is -2.11. The molecular formula is C18H19NO2.